The Morgan fingerprint density at radius 2 is 1.76 bits per heavy atom. The van der Waals surface area contributed by atoms with Crippen LogP contribution in [0, 0.1) is 0 Å². The van der Waals surface area contributed by atoms with E-state index in [-0.39, 0.29) is 16.7 Å². The Labute approximate surface area is 105 Å². The maximum absolute atomic E-state index is 12.0. The first-order valence-corrected chi connectivity index (χ1v) is 8.11. The molecule has 1 heterocycles. The van der Waals surface area contributed by atoms with Gasteiger partial charge in [-0.05, 0) is 48.6 Å². The molecule has 0 spiro atoms. The van der Waals surface area contributed by atoms with Crippen molar-refractivity contribution in [2.24, 2.45) is 0 Å². The van der Waals surface area contributed by atoms with Crippen LogP contribution >= 0.6 is 11.8 Å². The minimum absolute atomic E-state index is 0.0371. The van der Waals surface area contributed by atoms with Crippen molar-refractivity contribution < 1.29 is 13.5 Å². The van der Waals surface area contributed by atoms with Crippen molar-refractivity contribution in [2.75, 3.05) is 11.5 Å². The van der Waals surface area contributed by atoms with Crippen LogP contribution in [0.1, 0.15) is 12.8 Å². The molecule has 1 aliphatic rings. The number of thioether (sulfide) groups is 1. The lowest BCUT2D eigenvalue weighted by atomic mass is 10.2. The van der Waals surface area contributed by atoms with Gasteiger partial charge in [0, 0.05) is 6.04 Å². The van der Waals surface area contributed by atoms with Crippen molar-refractivity contribution in [1.29, 1.82) is 0 Å². The smallest absolute Gasteiger partial charge is 0.240 e. The van der Waals surface area contributed by atoms with Gasteiger partial charge in [0.25, 0.3) is 0 Å². The molecule has 2 N–H and O–H groups in total. The predicted molar refractivity (Wildman–Crippen MR) is 68.8 cm³/mol. The van der Waals surface area contributed by atoms with Crippen LogP contribution in [0.4, 0.5) is 0 Å². The van der Waals surface area contributed by atoms with Crippen LogP contribution < -0.4 is 4.72 Å². The maximum Gasteiger partial charge on any atom is 0.240 e. The Bertz CT molecular complexity index is 464. The lowest BCUT2D eigenvalue weighted by molar-refractivity contribution is 0.474. The predicted octanol–water partition coefficient (Wildman–Crippen LogP) is 1.57. The molecule has 0 saturated carbocycles. The summed E-state index contributed by atoms with van der Waals surface area (Å²) >= 11 is 1.85. The van der Waals surface area contributed by atoms with E-state index in [0.717, 1.165) is 24.3 Å². The van der Waals surface area contributed by atoms with E-state index in [1.165, 1.54) is 24.3 Å². The Morgan fingerprint density at radius 1 is 1.18 bits per heavy atom. The zero-order valence-corrected chi connectivity index (χ0v) is 10.9. The molecule has 0 amide bonds. The average Bonchev–Trinajstić information content (AvgIpc) is 2.30. The molecule has 1 saturated heterocycles. The first-order chi connectivity index (χ1) is 8.08. The Kier molecular flexibility index (Phi) is 3.96. The molecule has 0 atom stereocenters. The molecular weight excluding hydrogens is 258 g/mol. The van der Waals surface area contributed by atoms with E-state index >= 15 is 0 Å². The summed E-state index contributed by atoms with van der Waals surface area (Å²) in [5, 5.41) is 9.13. The van der Waals surface area contributed by atoms with Crippen molar-refractivity contribution in [3.8, 4) is 5.75 Å². The van der Waals surface area contributed by atoms with Gasteiger partial charge in [0.2, 0.25) is 10.0 Å². The van der Waals surface area contributed by atoms with Gasteiger partial charge < -0.3 is 5.11 Å². The topological polar surface area (TPSA) is 66.4 Å². The monoisotopic (exact) mass is 273 g/mol. The number of phenols is 1. The molecule has 0 aromatic heterocycles. The second-order valence-corrected chi connectivity index (χ2v) is 6.94. The number of phenolic OH excluding ortho intramolecular Hbond substituents is 1. The van der Waals surface area contributed by atoms with Gasteiger partial charge in [0.1, 0.15) is 5.75 Å². The van der Waals surface area contributed by atoms with Crippen molar-refractivity contribution in [1.82, 2.24) is 4.72 Å². The van der Waals surface area contributed by atoms with Gasteiger partial charge in [0.05, 0.1) is 4.90 Å². The third-order valence-corrected chi connectivity index (χ3v) is 5.28. The fourth-order valence-corrected chi connectivity index (χ4v) is 4.14. The minimum Gasteiger partial charge on any atom is -0.508 e. The molecule has 6 heteroatoms. The first kappa shape index (κ1) is 12.7. The first-order valence-electron chi connectivity index (χ1n) is 5.47. The van der Waals surface area contributed by atoms with E-state index in [4.69, 9.17) is 5.11 Å². The minimum atomic E-state index is -3.45. The lowest BCUT2D eigenvalue weighted by Crippen LogP contribution is -2.37. The Morgan fingerprint density at radius 3 is 2.35 bits per heavy atom. The molecular formula is C11H15NO3S2. The summed E-state index contributed by atoms with van der Waals surface area (Å²) < 4.78 is 26.7. The standard InChI is InChI=1S/C11H15NO3S2/c13-10-1-3-11(4-2-10)17(14,15)12-9-5-7-16-8-6-9/h1-4,9,12-13H,5-8H2. The molecule has 2 rings (SSSR count). The summed E-state index contributed by atoms with van der Waals surface area (Å²) in [6.07, 6.45) is 1.75. The van der Waals surface area contributed by atoms with Crippen molar-refractivity contribution in [3.05, 3.63) is 24.3 Å². The van der Waals surface area contributed by atoms with E-state index in [9.17, 15) is 8.42 Å². The van der Waals surface area contributed by atoms with Gasteiger partial charge in [-0.3, -0.25) is 0 Å². The van der Waals surface area contributed by atoms with Gasteiger partial charge >= 0.3 is 0 Å². The molecule has 0 aliphatic carbocycles. The summed E-state index contributed by atoms with van der Waals surface area (Å²) in [6.45, 7) is 0. The molecule has 4 nitrogen and oxygen atoms in total. The van der Waals surface area contributed by atoms with E-state index < -0.39 is 10.0 Å². The van der Waals surface area contributed by atoms with Gasteiger partial charge in [-0.25, -0.2) is 13.1 Å². The number of hydrogen-bond donors (Lipinski definition) is 2. The SMILES string of the molecule is O=S(=O)(NC1CCSCC1)c1ccc(O)cc1. The molecule has 1 fully saturated rings. The van der Waals surface area contributed by atoms with E-state index in [0.29, 0.717) is 0 Å². The maximum atomic E-state index is 12.0. The Hall–Kier alpha value is -0.720. The van der Waals surface area contributed by atoms with Crippen molar-refractivity contribution in [3.63, 3.8) is 0 Å². The zero-order chi connectivity index (χ0) is 12.3. The second kappa shape index (κ2) is 5.29. The van der Waals surface area contributed by atoms with Crippen molar-refractivity contribution >= 4 is 21.8 Å². The number of nitrogens with one attached hydrogen (secondary N) is 1. The number of rotatable bonds is 3. The van der Waals surface area contributed by atoms with E-state index in [1.807, 2.05) is 11.8 Å². The summed E-state index contributed by atoms with van der Waals surface area (Å²) in [5.41, 5.74) is 0. The third kappa shape index (κ3) is 3.37. The molecule has 0 bridgehead atoms. The molecule has 0 unspecified atom stereocenters. The van der Waals surface area contributed by atoms with Crippen LogP contribution in [0.2, 0.25) is 0 Å². The van der Waals surface area contributed by atoms with E-state index in [1.54, 1.807) is 0 Å². The quantitative estimate of drug-likeness (QED) is 0.877. The zero-order valence-electron chi connectivity index (χ0n) is 9.30. The third-order valence-electron chi connectivity index (χ3n) is 2.69. The summed E-state index contributed by atoms with van der Waals surface area (Å²) in [5.74, 6) is 2.07. The van der Waals surface area contributed by atoms with Crippen LogP contribution in [0.15, 0.2) is 29.2 Å². The van der Waals surface area contributed by atoms with Crippen LogP contribution in [0.25, 0.3) is 0 Å². The Balaban J connectivity index is 2.10. The molecule has 1 aromatic carbocycles. The fraction of sp³-hybridized carbons (Fsp3) is 0.455. The van der Waals surface area contributed by atoms with Crippen LogP contribution in [0.5, 0.6) is 5.75 Å². The molecule has 94 valence electrons. The van der Waals surface area contributed by atoms with Crippen LogP contribution in [-0.2, 0) is 10.0 Å². The number of hydrogen-bond acceptors (Lipinski definition) is 4. The largest absolute Gasteiger partial charge is 0.508 e. The van der Waals surface area contributed by atoms with Gasteiger partial charge in [0.15, 0.2) is 0 Å². The second-order valence-electron chi connectivity index (χ2n) is 4.00. The van der Waals surface area contributed by atoms with Crippen LogP contribution in [-0.4, -0.2) is 31.1 Å². The highest BCUT2D eigenvalue weighted by Gasteiger charge is 2.21. The molecule has 17 heavy (non-hydrogen) atoms. The highest BCUT2D eigenvalue weighted by atomic mass is 32.2. The normalized spacial score (nSPS) is 18.1. The van der Waals surface area contributed by atoms with Crippen LogP contribution in [0.3, 0.4) is 0 Å². The summed E-state index contributed by atoms with van der Waals surface area (Å²) in [7, 11) is -3.45. The molecule has 0 radical (unpaired) electrons. The number of sulfonamides is 1. The molecule has 1 aromatic rings. The average molecular weight is 273 g/mol. The van der Waals surface area contributed by atoms with Gasteiger partial charge in [-0.2, -0.15) is 11.8 Å². The van der Waals surface area contributed by atoms with Crippen molar-refractivity contribution in [2.45, 2.75) is 23.8 Å². The van der Waals surface area contributed by atoms with Gasteiger partial charge in [-0.15, -0.1) is 0 Å². The summed E-state index contributed by atoms with van der Waals surface area (Å²) in [4.78, 5) is 0.202. The van der Waals surface area contributed by atoms with Gasteiger partial charge in [-0.1, -0.05) is 0 Å². The summed E-state index contributed by atoms with van der Waals surface area (Å²) in [6, 6.07) is 5.62. The number of benzene rings is 1. The lowest BCUT2D eigenvalue weighted by Gasteiger charge is -2.22. The molecule has 1 aliphatic heterocycles. The fourth-order valence-electron chi connectivity index (χ4n) is 1.73. The highest BCUT2D eigenvalue weighted by Crippen LogP contribution is 2.20. The number of aromatic hydroxyl groups is 1. The highest BCUT2D eigenvalue weighted by molar-refractivity contribution is 7.99. The van der Waals surface area contributed by atoms with E-state index in [2.05, 4.69) is 4.72 Å².